The van der Waals surface area contributed by atoms with Gasteiger partial charge in [-0.2, -0.15) is 0 Å². The molecule has 0 saturated carbocycles. The van der Waals surface area contributed by atoms with Crippen molar-refractivity contribution in [1.82, 2.24) is 0 Å². The van der Waals surface area contributed by atoms with Crippen molar-refractivity contribution in [3.8, 4) is 0 Å². The van der Waals surface area contributed by atoms with E-state index in [4.69, 9.17) is 54.0 Å². The molecule has 0 radical (unpaired) electrons. The summed E-state index contributed by atoms with van der Waals surface area (Å²) in [4.78, 5) is 0. The highest BCUT2D eigenvalue weighted by Gasteiger charge is 2.51. The van der Waals surface area contributed by atoms with Crippen LogP contribution in [0.2, 0.25) is 0 Å². The monoisotopic (exact) mass is 487 g/mol. The molecule has 0 amide bonds. The lowest BCUT2D eigenvalue weighted by atomic mass is 9.90. The van der Waals surface area contributed by atoms with E-state index in [0.717, 1.165) is 0 Å². The first-order valence-electron chi connectivity index (χ1n) is 11.6. The molecule has 11 nitrogen and oxygen atoms in total. The molecule has 200 valence electrons. The molecule has 3 aliphatic heterocycles. The van der Waals surface area contributed by atoms with Gasteiger partial charge in [0.2, 0.25) is 0 Å². The second kappa shape index (κ2) is 16.3. The third-order valence-electron chi connectivity index (χ3n) is 5.43. The molecular weight excluding hydrogens is 440 g/mol. The predicted molar refractivity (Wildman–Crippen MR) is 120 cm³/mol. The average Bonchev–Trinajstić information content (AvgIpc) is 2.88. The van der Waals surface area contributed by atoms with E-state index in [0.29, 0.717) is 52.5 Å². The van der Waals surface area contributed by atoms with Gasteiger partial charge in [0.1, 0.15) is 0 Å². The topological polar surface area (TPSA) is 157 Å². The molecule has 0 unspecified atom stereocenters. The maximum absolute atomic E-state index is 9.08. The fourth-order valence-corrected chi connectivity index (χ4v) is 2.87. The summed E-state index contributed by atoms with van der Waals surface area (Å²) >= 11 is 0. The van der Waals surface area contributed by atoms with E-state index in [1.165, 1.54) is 0 Å². The minimum Gasteiger partial charge on any atom is -0.396 e. The van der Waals surface area contributed by atoms with Crippen LogP contribution >= 0.6 is 0 Å². The van der Waals surface area contributed by atoms with Crippen LogP contribution in [0.4, 0.5) is 0 Å². The van der Waals surface area contributed by atoms with Gasteiger partial charge in [-0.1, -0.05) is 13.8 Å². The number of rotatable bonds is 13. The van der Waals surface area contributed by atoms with Crippen molar-refractivity contribution >= 4 is 0 Å². The van der Waals surface area contributed by atoms with Gasteiger partial charge < -0.3 is 54.0 Å². The Kier molecular flexibility index (Phi) is 16.1. The minimum absolute atomic E-state index is 0. The SMILES string of the molecule is CCC12OCC(CO)(CO1)CO2.CCOC(CC)(OCC)OCC.OCC(CO)(CO)CO.[H+]. The molecule has 2 bridgehead atoms. The molecule has 3 heterocycles. The molecule has 0 aliphatic carbocycles. The third kappa shape index (κ3) is 9.61. The molecule has 0 aromatic rings. The van der Waals surface area contributed by atoms with E-state index in [2.05, 4.69) is 0 Å². The first-order chi connectivity index (χ1) is 15.7. The number of fused-ring (bicyclic) bond motifs is 3. The van der Waals surface area contributed by atoms with Gasteiger partial charge in [-0.15, -0.1) is 0 Å². The molecule has 3 saturated heterocycles. The van der Waals surface area contributed by atoms with E-state index in [1.807, 2.05) is 34.6 Å². The van der Waals surface area contributed by atoms with Crippen LogP contribution < -0.4 is 0 Å². The van der Waals surface area contributed by atoms with Crippen molar-refractivity contribution < 1.29 is 55.4 Å². The van der Waals surface area contributed by atoms with Crippen molar-refractivity contribution in [2.75, 3.05) is 72.7 Å². The van der Waals surface area contributed by atoms with Crippen molar-refractivity contribution in [1.29, 1.82) is 0 Å². The standard InChI is InChI=1S/C9H20O3.C8H14O4.C5H12O4/c1-5-9(10-6-2,11-7-3)12-8-4;1-2-8-10-4-7(3-9,5-11-8)6-12-8;6-1-5(2-7,3-8)4-9/h5-8H2,1-4H3;9H,2-6H2,1H3;6-9H,1-4H2/p+1. The second-order valence-electron chi connectivity index (χ2n) is 8.03. The van der Waals surface area contributed by atoms with Crippen molar-refractivity contribution in [3.63, 3.8) is 0 Å². The highest BCUT2D eigenvalue weighted by molar-refractivity contribution is 4.87. The number of ether oxygens (including phenoxy) is 6. The van der Waals surface area contributed by atoms with Crippen molar-refractivity contribution in [2.24, 2.45) is 10.8 Å². The lowest BCUT2D eigenvalue weighted by molar-refractivity contribution is -0.470. The molecule has 3 fully saturated rings. The van der Waals surface area contributed by atoms with E-state index < -0.39 is 43.8 Å². The van der Waals surface area contributed by atoms with Crippen LogP contribution in [0.5, 0.6) is 0 Å². The van der Waals surface area contributed by atoms with Crippen LogP contribution in [-0.2, 0) is 28.4 Å². The Morgan fingerprint density at radius 3 is 1.24 bits per heavy atom. The summed E-state index contributed by atoms with van der Waals surface area (Å²) in [5, 5.41) is 43.1. The van der Waals surface area contributed by atoms with Crippen molar-refractivity contribution in [3.05, 3.63) is 0 Å². The lowest BCUT2D eigenvalue weighted by Gasteiger charge is -2.50. The van der Waals surface area contributed by atoms with Gasteiger partial charge in [-0.3, -0.25) is 0 Å². The Labute approximate surface area is 199 Å². The summed E-state index contributed by atoms with van der Waals surface area (Å²) in [6.07, 6.45) is 1.40. The maximum atomic E-state index is 9.08. The third-order valence-corrected chi connectivity index (χ3v) is 5.43. The summed E-state index contributed by atoms with van der Waals surface area (Å²) in [6, 6.07) is 0. The largest absolute Gasteiger partial charge is 1.00 e. The predicted octanol–water partition coefficient (Wildman–Crippen LogP) is 0.320. The molecule has 3 aliphatic rings. The zero-order valence-electron chi connectivity index (χ0n) is 21.9. The fourth-order valence-electron chi connectivity index (χ4n) is 2.87. The molecule has 0 spiro atoms. The summed E-state index contributed by atoms with van der Waals surface area (Å²) < 4.78 is 32.5. The number of hydrogen-bond donors (Lipinski definition) is 5. The Morgan fingerprint density at radius 1 is 0.697 bits per heavy atom. The zero-order chi connectivity index (χ0) is 25.4. The van der Waals surface area contributed by atoms with E-state index >= 15 is 0 Å². The molecule has 33 heavy (non-hydrogen) atoms. The Balaban J connectivity index is 0. The fraction of sp³-hybridized carbons (Fsp3) is 1.00. The first kappa shape index (κ1) is 32.6. The van der Waals surface area contributed by atoms with Gasteiger partial charge in [-0.05, 0) is 20.8 Å². The van der Waals surface area contributed by atoms with Gasteiger partial charge in [0.05, 0.1) is 63.7 Å². The highest BCUT2D eigenvalue weighted by Crippen LogP contribution is 2.39. The molecule has 11 heteroatoms. The van der Waals surface area contributed by atoms with Gasteiger partial charge in [0.25, 0.3) is 11.9 Å². The zero-order valence-corrected chi connectivity index (χ0v) is 20.9. The van der Waals surface area contributed by atoms with E-state index in [9.17, 15) is 0 Å². The smallest absolute Gasteiger partial charge is 0.396 e. The Bertz CT molecular complexity index is 412. The summed E-state index contributed by atoms with van der Waals surface area (Å²) in [7, 11) is 0. The van der Waals surface area contributed by atoms with Gasteiger partial charge in [0, 0.05) is 32.7 Å². The summed E-state index contributed by atoms with van der Waals surface area (Å²) in [6.45, 7) is 11.6. The maximum Gasteiger partial charge on any atom is 1.00 e. The normalized spacial score (nSPS) is 24.5. The molecule has 5 N–H and O–H groups in total. The average molecular weight is 488 g/mol. The van der Waals surface area contributed by atoms with Crippen LogP contribution in [0.1, 0.15) is 48.9 Å². The molecule has 3 rings (SSSR count). The lowest BCUT2D eigenvalue weighted by Crippen LogP contribution is -2.61. The molecule has 0 aromatic carbocycles. The Morgan fingerprint density at radius 2 is 1.06 bits per heavy atom. The van der Waals surface area contributed by atoms with Crippen LogP contribution in [0, 0.1) is 10.8 Å². The second-order valence-corrected chi connectivity index (χ2v) is 8.03. The van der Waals surface area contributed by atoms with Crippen molar-refractivity contribution in [2.45, 2.75) is 59.4 Å². The Hall–Kier alpha value is -0.440. The van der Waals surface area contributed by atoms with E-state index in [1.54, 1.807) is 0 Å². The quantitative estimate of drug-likeness (QED) is 0.228. The van der Waals surface area contributed by atoms with Gasteiger partial charge in [-0.25, -0.2) is 0 Å². The minimum atomic E-state index is -1.11. The number of hydrogen-bond acceptors (Lipinski definition) is 11. The summed E-state index contributed by atoms with van der Waals surface area (Å²) in [5.41, 5.74) is -1.42. The number of aliphatic hydroxyl groups excluding tert-OH is 5. The van der Waals surface area contributed by atoms with Gasteiger partial charge >= 0.3 is 1.43 Å². The highest BCUT2D eigenvalue weighted by atomic mass is 16.9. The van der Waals surface area contributed by atoms with Gasteiger partial charge in [0.15, 0.2) is 0 Å². The molecular formula is C22H47O11+. The summed E-state index contributed by atoms with van der Waals surface area (Å²) in [5.74, 6) is -1.62. The number of aliphatic hydroxyl groups is 5. The molecule has 0 aromatic heterocycles. The van der Waals surface area contributed by atoms with Crippen LogP contribution in [0.15, 0.2) is 0 Å². The molecule has 0 atom stereocenters. The van der Waals surface area contributed by atoms with Crippen LogP contribution in [0.25, 0.3) is 0 Å². The van der Waals surface area contributed by atoms with E-state index in [-0.39, 0.29) is 13.4 Å². The van der Waals surface area contributed by atoms with Crippen LogP contribution in [0.3, 0.4) is 0 Å². The van der Waals surface area contributed by atoms with Crippen LogP contribution in [-0.4, -0.2) is 110 Å². The first-order valence-corrected chi connectivity index (χ1v) is 11.6.